The highest BCUT2D eigenvalue weighted by Gasteiger charge is 2.55. The third kappa shape index (κ3) is 3.66. The highest BCUT2D eigenvalue weighted by Crippen LogP contribution is 2.44. The number of ether oxygens (including phenoxy) is 1. The average Bonchev–Trinajstić information content (AvgIpc) is 3.38. The van der Waals surface area contributed by atoms with E-state index in [9.17, 15) is 23.1 Å². The van der Waals surface area contributed by atoms with Crippen molar-refractivity contribution in [3.8, 4) is 0 Å². The number of amides is 1. The fraction of sp³-hybridized carbons (Fsp3) is 0.579. The van der Waals surface area contributed by atoms with Crippen LogP contribution in [0.4, 0.5) is 5.69 Å². The summed E-state index contributed by atoms with van der Waals surface area (Å²) in [6.07, 6.45) is 4.31. The van der Waals surface area contributed by atoms with E-state index in [0.29, 0.717) is 18.5 Å². The summed E-state index contributed by atoms with van der Waals surface area (Å²) in [7, 11) is -3.59. The van der Waals surface area contributed by atoms with Gasteiger partial charge in [-0.25, -0.2) is 13.1 Å². The molecule has 8 nitrogen and oxygen atoms in total. The van der Waals surface area contributed by atoms with Crippen LogP contribution in [0.1, 0.15) is 38.5 Å². The van der Waals surface area contributed by atoms with Crippen molar-refractivity contribution in [1.29, 1.82) is 0 Å². The number of aliphatic carboxylic acids is 1. The van der Waals surface area contributed by atoms with Gasteiger partial charge < -0.3 is 15.2 Å². The molecule has 2 saturated heterocycles. The van der Waals surface area contributed by atoms with E-state index < -0.39 is 39.8 Å². The number of nitrogens with one attached hydrogen (secondary N) is 2. The molecule has 0 radical (unpaired) electrons. The molecule has 2 heterocycles. The quantitative estimate of drug-likeness (QED) is 0.659. The van der Waals surface area contributed by atoms with Crippen molar-refractivity contribution in [2.24, 2.45) is 11.8 Å². The topological polar surface area (TPSA) is 122 Å². The number of carbonyl (C=O) groups excluding carboxylic acids is 1. The zero-order valence-corrected chi connectivity index (χ0v) is 16.2. The van der Waals surface area contributed by atoms with Gasteiger partial charge in [0, 0.05) is 11.7 Å². The molecule has 4 atom stereocenters. The van der Waals surface area contributed by atoms with Gasteiger partial charge in [-0.3, -0.25) is 9.59 Å². The number of benzene rings is 1. The van der Waals surface area contributed by atoms with E-state index in [2.05, 4.69) is 10.0 Å². The number of hydrogen-bond acceptors (Lipinski definition) is 5. The van der Waals surface area contributed by atoms with Crippen LogP contribution in [-0.2, 0) is 24.3 Å². The smallest absolute Gasteiger partial charge is 0.310 e. The standard InChI is InChI=1S/C19H24N2O6S/c22-18(16-14-9-10-15(27-14)17(16)19(23)24)20-11-5-7-13(8-6-11)28(25,26)21-12-3-1-2-4-12/h5-8,12,14-17,21H,1-4,9-10H2,(H,20,22)(H,23,24)/t14-,15+,16?,17?/m0/s1. The summed E-state index contributed by atoms with van der Waals surface area (Å²) in [6.45, 7) is 0. The summed E-state index contributed by atoms with van der Waals surface area (Å²) in [5.74, 6) is -3.00. The molecule has 152 valence electrons. The maximum atomic E-state index is 12.6. The molecule has 28 heavy (non-hydrogen) atoms. The molecule has 1 aliphatic carbocycles. The summed E-state index contributed by atoms with van der Waals surface area (Å²) in [6, 6.07) is 5.91. The lowest BCUT2D eigenvalue weighted by Crippen LogP contribution is -2.40. The van der Waals surface area contributed by atoms with Crippen molar-refractivity contribution in [2.45, 2.75) is 61.7 Å². The van der Waals surface area contributed by atoms with Crippen molar-refractivity contribution in [2.75, 3.05) is 5.32 Å². The first kappa shape index (κ1) is 19.4. The molecule has 3 N–H and O–H groups in total. The largest absolute Gasteiger partial charge is 0.481 e. The highest BCUT2D eigenvalue weighted by atomic mass is 32.2. The molecule has 3 aliphatic rings. The Hall–Kier alpha value is -1.97. The Morgan fingerprint density at radius 3 is 2.18 bits per heavy atom. The van der Waals surface area contributed by atoms with E-state index >= 15 is 0 Å². The summed E-state index contributed by atoms with van der Waals surface area (Å²) in [5.41, 5.74) is 0.428. The van der Waals surface area contributed by atoms with Crippen LogP contribution < -0.4 is 10.0 Å². The molecule has 2 unspecified atom stereocenters. The molecule has 2 bridgehead atoms. The van der Waals surface area contributed by atoms with Crippen molar-refractivity contribution >= 4 is 27.6 Å². The van der Waals surface area contributed by atoms with Gasteiger partial charge in [-0.1, -0.05) is 12.8 Å². The Balaban J connectivity index is 1.43. The fourth-order valence-corrected chi connectivity index (χ4v) is 5.90. The minimum Gasteiger partial charge on any atom is -0.481 e. The summed E-state index contributed by atoms with van der Waals surface area (Å²) >= 11 is 0. The summed E-state index contributed by atoms with van der Waals surface area (Å²) in [4.78, 5) is 24.3. The number of carboxylic acid groups (broad SMARTS) is 1. The van der Waals surface area contributed by atoms with Gasteiger partial charge in [-0.05, 0) is 49.9 Å². The second kappa shape index (κ2) is 7.46. The van der Waals surface area contributed by atoms with E-state index in [0.717, 1.165) is 25.7 Å². The molecule has 0 spiro atoms. The molecular formula is C19H24N2O6S. The maximum Gasteiger partial charge on any atom is 0.310 e. The summed E-state index contributed by atoms with van der Waals surface area (Å²) < 4.78 is 33.2. The first-order valence-corrected chi connectivity index (χ1v) is 11.1. The number of rotatable bonds is 6. The third-order valence-corrected chi connectivity index (χ3v) is 7.51. The predicted molar refractivity (Wildman–Crippen MR) is 100 cm³/mol. The zero-order chi connectivity index (χ0) is 19.9. The van der Waals surface area contributed by atoms with Gasteiger partial charge in [0.05, 0.1) is 28.9 Å². The highest BCUT2D eigenvalue weighted by molar-refractivity contribution is 7.89. The number of sulfonamides is 1. The number of anilines is 1. The van der Waals surface area contributed by atoms with Gasteiger partial charge in [0.25, 0.3) is 0 Å². The minimum atomic E-state index is -3.59. The van der Waals surface area contributed by atoms with Crippen molar-refractivity contribution < 1.29 is 27.9 Å². The Kier molecular flexibility index (Phi) is 5.15. The molecule has 2 aliphatic heterocycles. The molecule has 1 amide bonds. The van der Waals surface area contributed by atoms with Gasteiger partial charge in [-0.15, -0.1) is 0 Å². The minimum absolute atomic E-state index is 0.0184. The normalized spacial score (nSPS) is 29.9. The Labute approximate surface area is 163 Å². The second-order valence-corrected chi connectivity index (χ2v) is 9.51. The molecule has 9 heteroatoms. The van der Waals surface area contributed by atoms with Gasteiger partial charge in [-0.2, -0.15) is 0 Å². The number of carboxylic acids is 1. The van der Waals surface area contributed by atoms with Crippen LogP contribution in [0, 0.1) is 11.8 Å². The first-order chi connectivity index (χ1) is 13.3. The van der Waals surface area contributed by atoms with Crippen LogP contribution in [0.3, 0.4) is 0 Å². The maximum absolute atomic E-state index is 12.6. The van der Waals surface area contributed by atoms with E-state index in [-0.39, 0.29) is 17.0 Å². The average molecular weight is 408 g/mol. The van der Waals surface area contributed by atoms with E-state index in [1.807, 2.05) is 0 Å². The fourth-order valence-electron chi connectivity index (χ4n) is 4.60. The zero-order valence-electron chi connectivity index (χ0n) is 15.3. The van der Waals surface area contributed by atoms with Crippen LogP contribution >= 0.6 is 0 Å². The molecule has 0 aromatic heterocycles. The van der Waals surface area contributed by atoms with Gasteiger partial charge in [0.15, 0.2) is 0 Å². The lowest BCUT2D eigenvalue weighted by atomic mass is 9.78. The van der Waals surface area contributed by atoms with E-state index in [1.54, 1.807) is 0 Å². The Bertz CT molecular complexity index is 863. The Morgan fingerprint density at radius 1 is 0.964 bits per heavy atom. The van der Waals surface area contributed by atoms with Crippen LogP contribution in [0.25, 0.3) is 0 Å². The lowest BCUT2D eigenvalue weighted by molar-refractivity contribution is -0.147. The Morgan fingerprint density at radius 2 is 1.57 bits per heavy atom. The molecule has 3 fully saturated rings. The number of fused-ring (bicyclic) bond motifs is 2. The van der Waals surface area contributed by atoms with E-state index in [4.69, 9.17) is 4.74 Å². The molecular weight excluding hydrogens is 384 g/mol. The van der Waals surface area contributed by atoms with Gasteiger partial charge >= 0.3 is 5.97 Å². The number of carbonyl (C=O) groups is 2. The van der Waals surface area contributed by atoms with Gasteiger partial charge in [0.2, 0.25) is 15.9 Å². The van der Waals surface area contributed by atoms with E-state index in [1.165, 1.54) is 24.3 Å². The third-order valence-electron chi connectivity index (χ3n) is 5.97. The molecule has 1 aromatic rings. The van der Waals surface area contributed by atoms with Crippen molar-refractivity contribution in [3.05, 3.63) is 24.3 Å². The van der Waals surface area contributed by atoms with Crippen LogP contribution in [0.15, 0.2) is 29.2 Å². The SMILES string of the molecule is O=C(Nc1ccc(S(=O)(=O)NC2CCCC2)cc1)C1C(C(=O)O)[C@H]2CC[C@@H]1O2. The van der Waals surface area contributed by atoms with Gasteiger partial charge in [0.1, 0.15) is 0 Å². The molecule has 1 saturated carbocycles. The van der Waals surface area contributed by atoms with Crippen LogP contribution in [0.2, 0.25) is 0 Å². The van der Waals surface area contributed by atoms with Crippen LogP contribution in [0.5, 0.6) is 0 Å². The lowest BCUT2D eigenvalue weighted by Gasteiger charge is -2.23. The second-order valence-electron chi connectivity index (χ2n) is 7.80. The van der Waals surface area contributed by atoms with Crippen molar-refractivity contribution in [3.63, 3.8) is 0 Å². The molecule has 4 rings (SSSR count). The van der Waals surface area contributed by atoms with Crippen molar-refractivity contribution in [1.82, 2.24) is 4.72 Å². The monoisotopic (exact) mass is 408 g/mol. The molecule has 1 aromatic carbocycles. The first-order valence-electron chi connectivity index (χ1n) is 9.67. The summed E-state index contributed by atoms with van der Waals surface area (Å²) in [5, 5.41) is 12.1. The van der Waals surface area contributed by atoms with Crippen LogP contribution in [-0.4, -0.2) is 43.7 Å². The number of hydrogen-bond donors (Lipinski definition) is 3. The predicted octanol–water partition coefficient (Wildman–Crippen LogP) is 1.72.